The average molecular weight is 403 g/mol. The van der Waals surface area contributed by atoms with Crippen LogP contribution in [0.3, 0.4) is 0 Å². The summed E-state index contributed by atoms with van der Waals surface area (Å²) in [5, 5.41) is 9.91. The molecule has 4 nitrogen and oxygen atoms in total. The van der Waals surface area contributed by atoms with E-state index < -0.39 is 0 Å². The average Bonchev–Trinajstić information content (AvgIpc) is 3.23. The fraction of sp³-hybridized carbons (Fsp3) is 0.158. The molecule has 0 unspecified atom stereocenters. The van der Waals surface area contributed by atoms with Gasteiger partial charge in [-0.25, -0.2) is 9.50 Å². The van der Waals surface area contributed by atoms with Gasteiger partial charge in [0, 0.05) is 12.1 Å². The minimum atomic E-state index is 0.554. The smallest absolute Gasteiger partial charge is 0.214 e. The minimum absolute atomic E-state index is 0.554. The molecule has 132 valence electrons. The zero-order valence-corrected chi connectivity index (χ0v) is 16.4. The van der Waals surface area contributed by atoms with E-state index >= 15 is 0 Å². The first-order valence-corrected chi connectivity index (χ1v) is 9.83. The van der Waals surface area contributed by atoms with E-state index in [1.54, 1.807) is 6.07 Å². The van der Waals surface area contributed by atoms with Gasteiger partial charge in [-0.05, 0) is 35.7 Å². The summed E-state index contributed by atoms with van der Waals surface area (Å²) < 4.78 is 1.89. The molecule has 26 heavy (non-hydrogen) atoms. The first-order chi connectivity index (χ1) is 12.6. The van der Waals surface area contributed by atoms with Crippen molar-refractivity contribution in [2.45, 2.75) is 19.9 Å². The van der Waals surface area contributed by atoms with Crippen LogP contribution in [0.25, 0.3) is 16.2 Å². The monoisotopic (exact) mass is 402 g/mol. The first kappa shape index (κ1) is 17.3. The van der Waals surface area contributed by atoms with Crippen molar-refractivity contribution in [1.29, 1.82) is 0 Å². The van der Waals surface area contributed by atoms with Crippen LogP contribution in [-0.4, -0.2) is 14.6 Å². The molecule has 0 fully saturated rings. The molecule has 0 radical (unpaired) electrons. The number of hydrogen-bond donors (Lipinski definition) is 1. The Hall–Kier alpha value is -2.08. The number of imidazole rings is 1. The third-order valence-electron chi connectivity index (χ3n) is 4.14. The second kappa shape index (κ2) is 7.27. The molecule has 0 spiro atoms. The molecule has 0 amide bonds. The lowest BCUT2D eigenvalue weighted by Crippen LogP contribution is -2.00. The molecule has 7 heteroatoms. The van der Waals surface area contributed by atoms with Crippen LogP contribution in [0.15, 0.2) is 48.7 Å². The summed E-state index contributed by atoms with van der Waals surface area (Å²) in [5.41, 5.74) is 4.46. The molecule has 2 heterocycles. The third kappa shape index (κ3) is 3.43. The van der Waals surface area contributed by atoms with Gasteiger partial charge in [-0.2, -0.15) is 0 Å². The highest BCUT2D eigenvalue weighted by atomic mass is 35.5. The van der Waals surface area contributed by atoms with Crippen LogP contribution in [-0.2, 0) is 13.0 Å². The van der Waals surface area contributed by atoms with Crippen molar-refractivity contribution in [1.82, 2.24) is 14.6 Å². The van der Waals surface area contributed by atoms with Gasteiger partial charge in [0.25, 0.3) is 0 Å². The summed E-state index contributed by atoms with van der Waals surface area (Å²) >= 11 is 13.5. The minimum Gasteiger partial charge on any atom is -0.356 e. The van der Waals surface area contributed by atoms with Crippen molar-refractivity contribution in [3.05, 3.63) is 69.8 Å². The lowest BCUT2D eigenvalue weighted by Gasteiger charge is -2.04. The normalized spacial score (nSPS) is 11.2. The molecule has 0 saturated heterocycles. The lowest BCUT2D eigenvalue weighted by molar-refractivity contribution is 0.967. The number of hydrogen-bond acceptors (Lipinski definition) is 4. The first-order valence-electron chi connectivity index (χ1n) is 8.25. The van der Waals surface area contributed by atoms with Gasteiger partial charge in [0.2, 0.25) is 10.1 Å². The SMILES string of the molecule is CCc1cccc(-c2cnc3sc(NCc4ccc(Cl)c(Cl)c4)nn23)c1. The molecule has 0 aliphatic rings. The molecule has 2 aromatic heterocycles. The topological polar surface area (TPSA) is 42.2 Å². The van der Waals surface area contributed by atoms with Gasteiger partial charge in [0.05, 0.1) is 21.9 Å². The number of benzene rings is 2. The van der Waals surface area contributed by atoms with Gasteiger partial charge >= 0.3 is 0 Å². The van der Waals surface area contributed by atoms with Gasteiger partial charge in [0.1, 0.15) is 0 Å². The Morgan fingerprint density at radius 2 is 1.96 bits per heavy atom. The Bertz CT molecular complexity index is 1070. The quantitative estimate of drug-likeness (QED) is 0.449. The highest BCUT2D eigenvalue weighted by Crippen LogP contribution is 2.27. The number of nitrogens with zero attached hydrogens (tertiary/aromatic N) is 3. The molecular weight excluding hydrogens is 387 g/mol. The maximum Gasteiger partial charge on any atom is 0.214 e. The van der Waals surface area contributed by atoms with Gasteiger partial charge in [-0.15, -0.1) is 5.10 Å². The predicted octanol–water partition coefficient (Wildman–Crippen LogP) is 5.94. The molecule has 0 aliphatic heterocycles. The summed E-state index contributed by atoms with van der Waals surface area (Å²) in [6.07, 6.45) is 2.87. The summed E-state index contributed by atoms with van der Waals surface area (Å²) in [7, 11) is 0. The van der Waals surface area contributed by atoms with E-state index in [-0.39, 0.29) is 0 Å². The highest BCUT2D eigenvalue weighted by molar-refractivity contribution is 7.20. The predicted molar refractivity (Wildman–Crippen MR) is 109 cm³/mol. The Kier molecular flexibility index (Phi) is 4.85. The van der Waals surface area contributed by atoms with Crippen molar-refractivity contribution < 1.29 is 0 Å². The number of halogens is 2. The van der Waals surface area contributed by atoms with Gasteiger partial charge in [0.15, 0.2) is 0 Å². The molecule has 0 saturated carbocycles. The zero-order chi connectivity index (χ0) is 18.1. The number of rotatable bonds is 5. The Morgan fingerprint density at radius 3 is 2.77 bits per heavy atom. The molecule has 4 aromatic rings. The number of fused-ring (bicyclic) bond motifs is 1. The van der Waals surface area contributed by atoms with Crippen molar-refractivity contribution in [2.75, 3.05) is 5.32 Å². The van der Waals surface area contributed by atoms with Crippen molar-refractivity contribution in [2.24, 2.45) is 0 Å². The van der Waals surface area contributed by atoms with Crippen LogP contribution in [0.2, 0.25) is 10.0 Å². The lowest BCUT2D eigenvalue weighted by atomic mass is 10.1. The maximum atomic E-state index is 6.07. The summed E-state index contributed by atoms with van der Waals surface area (Å²) in [6, 6.07) is 14.1. The fourth-order valence-electron chi connectivity index (χ4n) is 2.74. The van der Waals surface area contributed by atoms with E-state index in [9.17, 15) is 0 Å². The van der Waals surface area contributed by atoms with Crippen LogP contribution in [0.5, 0.6) is 0 Å². The largest absolute Gasteiger partial charge is 0.356 e. The highest BCUT2D eigenvalue weighted by Gasteiger charge is 2.12. The molecule has 2 aromatic carbocycles. The third-order valence-corrected chi connectivity index (χ3v) is 5.76. The summed E-state index contributed by atoms with van der Waals surface area (Å²) in [4.78, 5) is 5.35. The second-order valence-electron chi connectivity index (χ2n) is 5.90. The summed E-state index contributed by atoms with van der Waals surface area (Å²) in [6.45, 7) is 2.77. The second-order valence-corrected chi connectivity index (χ2v) is 7.67. The number of aromatic nitrogens is 3. The number of nitrogens with one attached hydrogen (secondary N) is 1. The van der Waals surface area contributed by atoms with Crippen LogP contribution in [0, 0.1) is 0 Å². The molecular formula is C19H16Cl2N4S. The number of aryl methyl sites for hydroxylation is 1. The van der Waals surface area contributed by atoms with Crippen LogP contribution in [0.4, 0.5) is 5.13 Å². The number of anilines is 1. The molecule has 0 bridgehead atoms. The van der Waals surface area contributed by atoms with Crippen molar-refractivity contribution in [3.8, 4) is 11.3 Å². The Morgan fingerprint density at radius 1 is 1.08 bits per heavy atom. The fourth-order valence-corrected chi connectivity index (χ4v) is 3.83. The maximum absolute atomic E-state index is 6.07. The molecule has 1 N–H and O–H groups in total. The van der Waals surface area contributed by atoms with Crippen LogP contribution >= 0.6 is 34.5 Å². The van der Waals surface area contributed by atoms with E-state index in [1.165, 1.54) is 16.9 Å². The molecule has 4 rings (SSSR count). The van der Waals surface area contributed by atoms with Gasteiger partial charge < -0.3 is 5.32 Å². The zero-order valence-electron chi connectivity index (χ0n) is 14.0. The van der Waals surface area contributed by atoms with Crippen molar-refractivity contribution in [3.63, 3.8) is 0 Å². The summed E-state index contributed by atoms with van der Waals surface area (Å²) in [5.74, 6) is 0. The van der Waals surface area contributed by atoms with Crippen molar-refractivity contribution >= 4 is 44.6 Å². The standard InChI is InChI=1S/C19H16Cl2N4S/c1-2-12-4-3-5-14(8-12)17-11-23-19-25(17)24-18(26-19)22-10-13-6-7-15(20)16(21)9-13/h3-9,11H,2,10H2,1H3,(H,22,24). The van der Waals surface area contributed by atoms with Crippen LogP contribution < -0.4 is 5.32 Å². The Balaban J connectivity index is 1.58. The van der Waals surface area contributed by atoms with E-state index in [2.05, 4.69) is 46.6 Å². The van der Waals surface area contributed by atoms with E-state index in [0.717, 1.165) is 33.3 Å². The van der Waals surface area contributed by atoms with Crippen LogP contribution in [0.1, 0.15) is 18.1 Å². The van der Waals surface area contributed by atoms with E-state index in [4.69, 9.17) is 23.2 Å². The van der Waals surface area contributed by atoms with Gasteiger partial charge in [-0.3, -0.25) is 0 Å². The van der Waals surface area contributed by atoms with Gasteiger partial charge in [-0.1, -0.05) is 65.7 Å². The van der Waals surface area contributed by atoms with E-state index in [1.807, 2.05) is 22.8 Å². The molecule has 0 aliphatic carbocycles. The Labute approximate surface area is 165 Å². The molecule has 0 atom stereocenters. The van der Waals surface area contributed by atoms with E-state index in [0.29, 0.717) is 16.6 Å².